The van der Waals surface area contributed by atoms with Crippen LogP contribution in [0.3, 0.4) is 0 Å². The molecule has 0 aromatic rings. The highest BCUT2D eigenvalue weighted by atomic mass is 16.5. The predicted octanol–water partition coefficient (Wildman–Crippen LogP) is 14.5. The Morgan fingerprint density at radius 3 is 1.34 bits per heavy atom. The van der Waals surface area contributed by atoms with Gasteiger partial charge in [0.1, 0.15) is 6.10 Å². The van der Waals surface area contributed by atoms with Crippen LogP contribution < -0.4 is 5.32 Å². The zero-order valence-electron chi connectivity index (χ0n) is 38.2. The number of hydrogen-bond acceptors (Lipinski definition) is 5. The van der Waals surface area contributed by atoms with Crippen LogP contribution in [0.15, 0.2) is 60.8 Å². The number of amides is 1. The minimum atomic E-state index is -0.795. The molecule has 58 heavy (non-hydrogen) atoms. The summed E-state index contributed by atoms with van der Waals surface area (Å²) in [6.07, 6.45) is 55.7. The Bertz CT molecular complexity index is 1050. The summed E-state index contributed by atoms with van der Waals surface area (Å²) in [7, 11) is 0. The molecule has 3 atom stereocenters. The van der Waals surface area contributed by atoms with E-state index in [4.69, 9.17) is 4.74 Å². The number of nitrogens with one attached hydrogen (secondary N) is 1. The Balaban J connectivity index is 4.62. The minimum Gasteiger partial charge on any atom is -0.462 e. The number of aliphatic hydroxyl groups excluding tert-OH is 2. The third kappa shape index (κ3) is 40.3. The fraction of sp³-hybridized carbons (Fsp3) is 0.769. The summed E-state index contributed by atoms with van der Waals surface area (Å²) in [5, 5.41) is 23.7. The maximum Gasteiger partial charge on any atom is 0.306 e. The monoisotopic (exact) mass is 812 g/mol. The molecule has 0 radical (unpaired) electrons. The molecule has 0 aromatic heterocycles. The van der Waals surface area contributed by atoms with Gasteiger partial charge in [-0.15, -0.1) is 0 Å². The maximum absolute atomic E-state index is 13.1. The number of ether oxygens (including phenoxy) is 1. The van der Waals surface area contributed by atoms with Gasteiger partial charge in [-0.05, 0) is 64.2 Å². The summed E-state index contributed by atoms with van der Waals surface area (Å²) in [5.74, 6) is -0.542. The van der Waals surface area contributed by atoms with Gasteiger partial charge in [0.05, 0.1) is 25.2 Å². The Morgan fingerprint density at radius 2 is 0.914 bits per heavy atom. The minimum absolute atomic E-state index is 0.0553. The van der Waals surface area contributed by atoms with Crippen molar-refractivity contribution in [1.29, 1.82) is 0 Å². The lowest BCUT2D eigenvalue weighted by atomic mass is 10.0. The van der Waals surface area contributed by atoms with Gasteiger partial charge in [0.25, 0.3) is 0 Å². The molecule has 0 bridgehead atoms. The molecule has 0 spiro atoms. The summed E-state index contributed by atoms with van der Waals surface area (Å²) < 4.78 is 5.88. The lowest BCUT2D eigenvalue weighted by molar-refractivity contribution is -0.151. The lowest BCUT2D eigenvalue weighted by Crippen LogP contribution is -2.46. The van der Waals surface area contributed by atoms with Crippen LogP contribution in [0.2, 0.25) is 0 Å². The molecule has 3 unspecified atom stereocenters. The van der Waals surface area contributed by atoms with Crippen LogP contribution in [-0.2, 0) is 14.3 Å². The second kappa shape index (κ2) is 45.6. The summed E-state index contributed by atoms with van der Waals surface area (Å²) in [5.41, 5.74) is 0. The van der Waals surface area contributed by atoms with Gasteiger partial charge in [-0.25, -0.2) is 0 Å². The number of hydrogen-bond donors (Lipinski definition) is 3. The van der Waals surface area contributed by atoms with Crippen molar-refractivity contribution in [2.75, 3.05) is 6.61 Å². The molecule has 6 heteroatoms. The SMILES string of the molecule is CC/C=C\C/C=C\C/C=C\C/C=C\C/C=C\CCCC(=O)OC(CCCCCCCCCCCC)CC(=O)NC(CO)C(O)CCCCCCCCCCCCCC. The fourth-order valence-corrected chi connectivity index (χ4v) is 7.17. The third-order valence-electron chi connectivity index (χ3n) is 10.9. The normalized spacial score (nSPS) is 13.8. The van der Waals surface area contributed by atoms with Crippen LogP contribution in [0.1, 0.15) is 233 Å². The van der Waals surface area contributed by atoms with E-state index >= 15 is 0 Å². The van der Waals surface area contributed by atoms with Crippen molar-refractivity contribution in [2.24, 2.45) is 0 Å². The average molecular weight is 812 g/mol. The summed E-state index contributed by atoms with van der Waals surface area (Å²) >= 11 is 0. The van der Waals surface area contributed by atoms with Crippen molar-refractivity contribution in [1.82, 2.24) is 5.32 Å². The Morgan fingerprint density at radius 1 is 0.517 bits per heavy atom. The van der Waals surface area contributed by atoms with Crippen LogP contribution in [0.5, 0.6) is 0 Å². The summed E-state index contributed by atoms with van der Waals surface area (Å²) in [6, 6.07) is -0.711. The van der Waals surface area contributed by atoms with E-state index in [-0.39, 0.29) is 24.9 Å². The van der Waals surface area contributed by atoms with E-state index in [2.05, 4.69) is 86.8 Å². The largest absolute Gasteiger partial charge is 0.462 e. The van der Waals surface area contributed by atoms with E-state index in [1.807, 2.05) is 0 Å². The van der Waals surface area contributed by atoms with Gasteiger partial charge in [0.15, 0.2) is 0 Å². The standard InChI is InChI=1S/C52H93NO5/c1-4-7-10-13-16-19-22-24-25-26-27-28-30-33-36-39-42-45-52(57)58-48(43-40-37-34-31-21-18-15-12-9-6-3)46-51(56)53-49(47-54)50(55)44-41-38-35-32-29-23-20-17-14-11-8-5-2/h7,10,16,19,24-25,27-28,33,36,48-50,54-55H,4-6,8-9,11-15,17-18,20-23,26,29-32,34-35,37-47H2,1-3H3,(H,53,56)/b10-7-,19-16-,25-24-,28-27-,36-33-. The van der Waals surface area contributed by atoms with Crippen molar-refractivity contribution in [3.05, 3.63) is 60.8 Å². The smallest absolute Gasteiger partial charge is 0.306 e. The van der Waals surface area contributed by atoms with Gasteiger partial charge < -0.3 is 20.3 Å². The van der Waals surface area contributed by atoms with E-state index in [0.717, 1.165) is 77.0 Å². The first-order valence-corrected chi connectivity index (χ1v) is 24.5. The maximum atomic E-state index is 13.1. The highest BCUT2D eigenvalue weighted by Crippen LogP contribution is 2.17. The van der Waals surface area contributed by atoms with E-state index in [0.29, 0.717) is 25.7 Å². The van der Waals surface area contributed by atoms with Crippen molar-refractivity contribution in [3.63, 3.8) is 0 Å². The van der Waals surface area contributed by atoms with Crippen LogP contribution >= 0.6 is 0 Å². The molecule has 0 saturated heterocycles. The molecule has 0 aliphatic carbocycles. The third-order valence-corrected chi connectivity index (χ3v) is 10.9. The number of unbranched alkanes of at least 4 members (excludes halogenated alkanes) is 21. The molecular formula is C52H93NO5. The molecule has 6 nitrogen and oxygen atoms in total. The number of carbonyl (C=O) groups excluding carboxylic acids is 2. The molecule has 0 fully saturated rings. The highest BCUT2D eigenvalue weighted by molar-refractivity contribution is 5.77. The van der Waals surface area contributed by atoms with Crippen molar-refractivity contribution >= 4 is 11.9 Å². The van der Waals surface area contributed by atoms with Gasteiger partial charge in [-0.2, -0.15) is 0 Å². The fourth-order valence-electron chi connectivity index (χ4n) is 7.17. The Kier molecular flexibility index (Phi) is 43.7. The molecule has 0 aliphatic heterocycles. The number of rotatable bonds is 43. The van der Waals surface area contributed by atoms with Crippen molar-refractivity contribution in [3.8, 4) is 0 Å². The van der Waals surface area contributed by atoms with E-state index in [9.17, 15) is 19.8 Å². The van der Waals surface area contributed by atoms with Gasteiger partial charge in [-0.3, -0.25) is 9.59 Å². The number of esters is 1. The van der Waals surface area contributed by atoms with Crippen molar-refractivity contribution < 1.29 is 24.5 Å². The van der Waals surface area contributed by atoms with E-state index < -0.39 is 18.2 Å². The number of allylic oxidation sites excluding steroid dienone is 10. The first-order valence-electron chi connectivity index (χ1n) is 24.5. The predicted molar refractivity (Wildman–Crippen MR) is 250 cm³/mol. The van der Waals surface area contributed by atoms with Gasteiger partial charge in [0.2, 0.25) is 5.91 Å². The van der Waals surface area contributed by atoms with Crippen LogP contribution in [0.25, 0.3) is 0 Å². The molecule has 336 valence electrons. The highest BCUT2D eigenvalue weighted by Gasteiger charge is 2.24. The van der Waals surface area contributed by atoms with Crippen LogP contribution in [0.4, 0.5) is 0 Å². The first-order chi connectivity index (χ1) is 28.5. The first kappa shape index (κ1) is 55.6. The van der Waals surface area contributed by atoms with Crippen molar-refractivity contribution in [2.45, 2.75) is 251 Å². The molecule has 0 saturated carbocycles. The summed E-state index contributed by atoms with van der Waals surface area (Å²) in [6.45, 7) is 6.34. The summed E-state index contributed by atoms with van der Waals surface area (Å²) in [4.78, 5) is 26.0. The molecular weight excluding hydrogens is 719 g/mol. The zero-order chi connectivity index (χ0) is 42.4. The van der Waals surface area contributed by atoms with E-state index in [1.54, 1.807) is 0 Å². The quantitative estimate of drug-likeness (QED) is 0.0324. The number of aliphatic hydroxyl groups is 2. The molecule has 1 amide bonds. The van der Waals surface area contributed by atoms with Gasteiger partial charge in [0, 0.05) is 6.42 Å². The zero-order valence-corrected chi connectivity index (χ0v) is 38.2. The lowest BCUT2D eigenvalue weighted by Gasteiger charge is -2.24. The molecule has 0 aromatic carbocycles. The van der Waals surface area contributed by atoms with Crippen LogP contribution in [0, 0.1) is 0 Å². The van der Waals surface area contributed by atoms with Crippen LogP contribution in [-0.4, -0.2) is 46.9 Å². The molecule has 0 aliphatic rings. The number of carbonyl (C=O) groups is 2. The van der Waals surface area contributed by atoms with E-state index in [1.165, 1.54) is 103 Å². The average Bonchev–Trinajstić information content (AvgIpc) is 3.22. The Labute approximate surface area is 358 Å². The molecule has 3 N–H and O–H groups in total. The van der Waals surface area contributed by atoms with Gasteiger partial charge >= 0.3 is 5.97 Å². The molecule has 0 rings (SSSR count). The Hall–Kier alpha value is -2.44. The second-order valence-corrected chi connectivity index (χ2v) is 16.5. The second-order valence-electron chi connectivity index (χ2n) is 16.5. The van der Waals surface area contributed by atoms with Gasteiger partial charge in [-0.1, -0.05) is 216 Å². The topological polar surface area (TPSA) is 95.9 Å². The molecule has 0 heterocycles.